The molecule has 0 fully saturated rings. The van der Waals surface area contributed by atoms with Gasteiger partial charge in [0.2, 0.25) is 0 Å². The largest absolute Gasteiger partial charge is 0.377 e. The van der Waals surface area contributed by atoms with E-state index in [2.05, 4.69) is 18.0 Å². The molecular formula is C15H25ClN2O. The summed E-state index contributed by atoms with van der Waals surface area (Å²) in [5.41, 5.74) is 8.26. The second-order valence-electron chi connectivity index (χ2n) is 5.30. The lowest BCUT2D eigenvalue weighted by atomic mass is 10.0. The number of likely N-dealkylation sites (N-methyl/N-ethyl adjacent to an activating group) is 1. The summed E-state index contributed by atoms with van der Waals surface area (Å²) in [6.07, 6.45) is 1.09. The Morgan fingerprint density at radius 3 is 2.58 bits per heavy atom. The number of benzene rings is 1. The van der Waals surface area contributed by atoms with Crippen LogP contribution in [0.25, 0.3) is 0 Å². The summed E-state index contributed by atoms with van der Waals surface area (Å²) in [7, 11) is 2.07. The van der Waals surface area contributed by atoms with Crippen LogP contribution in [0.5, 0.6) is 0 Å². The van der Waals surface area contributed by atoms with Gasteiger partial charge < -0.3 is 15.4 Å². The van der Waals surface area contributed by atoms with Crippen LogP contribution in [0.1, 0.15) is 26.3 Å². The number of halogens is 1. The number of rotatable bonds is 7. The van der Waals surface area contributed by atoms with Crippen molar-refractivity contribution in [1.29, 1.82) is 0 Å². The Hall–Kier alpha value is -0.770. The Labute approximate surface area is 121 Å². The molecule has 0 radical (unpaired) electrons. The van der Waals surface area contributed by atoms with E-state index in [4.69, 9.17) is 22.1 Å². The maximum atomic E-state index is 6.07. The molecule has 0 bridgehead atoms. The van der Waals surface area contributed by atoms with E-state index < -0.39 is 0 Å². The third kappa shape index (κ3) is 5.81. The Kier molecular flexibility index (Phi) is 6.63. The second kappa shape index (κ2) is 7.73. The molecule has 4 heteroatoms. The van der Waals surface area contributed by atoms with E-state index in [0.717, 1.165) is 18.0 Å². The van der Waals surface area contributed by atoms with Crippen molar-refractivity contribution in [3.63, 3.8) is 0 Å². The van der Waals surface area contributed by atoms with Crippen LogP contribution in [0, 0.1) is 0 Å². The fourth-order valence-electron chi connectivity index (χ4n) is 1.98. The molecule has 108 valence electrons. The molecule has 0 aliphatic rings. The van der Waals surface area contributed by atoms with Gasteiger partial charge in [-0.25, -0.2) is 0 Å². The van der Waals surface area contributed by atoms with Gasteiger partial charge in [0.05, 0.1) is 12.7 Å². The smallest absolute Gasteiger partial charge is 0.0644 e. The molecule has 1 unspecified atom stereocenters. The monoisotopic (exact) mass is 284 g/mol. The van der Waals surface area contributed by atoms with Crippen LogP contribution in [0.4, 0.5) is 5.69 Å². The van der Waals surface area contributed by atoms with Crippen molar-refractivity contribution in [2.45, 2.75) is 39.3 Å². The molecule has 0 amide bonds. The fraction of sp³-hybridized carbons (Fsp3) is 0.600. The first-order valence-electron chi connectivity index (χ1n) is 6.77. The van der Waals surface area contributed by atoms with E-state index in [1.54, 1.807) is 0 Å². The minimum Gasteiger partial charge on any atom is -0.377 e. The molecule has 0 aliphatic carbocycles. The molecule has 0 aliphatic heterocycles. The SMILES string of the molecule is CC(N)Cc1cc(Cl)ccc1N(C)CCOC(C)C. The van der Waals surface area contributed by atoms with Crippen molar-refractivity contribution in [2.24, 2.45) is 5.73 Å². The van der Waals surface area contributed by atoms with Gasteiger partial charge in [-0.3, -0.25) is 0 Å². The van der Waals surface area contributed by atoms with Crippen LogP contribution < -0.4 is 10.6 Å². The molecule has 1 rings (SSSR count). The molecule has 0 aromatic heterocycles. The van der Waals surface area contributed by atoms with Gasteiger partial charge >= 0.3 is 0 Å². The summed E-state index contributed by atoms with van der Waals surface area (Å²) >= 11 is 6.07. The van der Waals surface area contributed by atoms with Crippen LogP contribution in [0.15, 0.2) is 18.2 Å². The van der Waals surface area contributed by atoms with Gasteiger partial charge in [0.25, 0.3) is 0 Å². The molecule has 0 spiro atoms. The zero-order chi connectivity index (χ0) is 14.4. The molecule has 1 aromatic rings. The number of anilines is 1. The zero-order valence-corrected chi connectivity index (χ0v) is 13.1. The number of ether oxygens (including phenoxy) is 1. The summed E-state index contributed by atoms with van der Waals surface area (Å²) in [5, 5.41) is 0.756. The molecule has 19 heavy (non-hydrogen) atoms. The maximum Gasteiger partial charge on any atom is 0.0644 e. The topological polar surface area (TPSA) is 38.5 Å². The predicted octanol–water partition coefficient (Wildman–Crippen LogP) is 3.09. The first-order chi connectivity index (χ1) is 8.90. The van der Waals surface area contributed by atoms with Gasteiger partial charge in [-0.05, 0) is 51.0 Å². The third-order valence-corrected chi connectivity index (χ3v) is 3.11. The van der Waals surface area contributed by atoms with Crippen molar-refractivity contribution in [2.75, 3.05) is 25.1 Å². The zero-order valence-electron chi connectivity index (χ0n) is 12.3. The molecule has 3 nitrogen and oxygen atoms in total. The van der Waals surface area contributed by atoms with Gasteiger partial charge in [-0.2, -0.15) is 0 Å². The second-order valence-corrected chi connectivity index (χ2v) is 5.73. The number of nitrogens with zero attached hydrogens (tertiary/aromatic N) is 1. The minimum absolute atomic E-state index is 0.123. The van der Waals surface area contributed by atoms with E-state index in [1.807, 2.05) is 32.9 Å². The van der Waals surface area contributed by atoms with Crippen LogP contribution in [0.2, 0.25) is 5.02 Å². The first-order valence-corrected chi connectivity index (χ1v) is 7.14. The summed E-state index contributed by atoms with van der Waals surface area (Å²) in [4.78, 5) is 2.19. The van der Waals surface area contributed by atoms with Crippen LogP contribution in [-0.4, -0.2) is 32.3 Å². The molecule has 0 heterocycles. The molecule has 1 aromatic carbocycles. The van der Waals surface area contributed by atoms with Crippen LogP contribution >= 0.6 is 11.6 Å². The lowest BCUT2D eigenvalue weighted by Crippen LogP contribution is -2.26. The van der Waals surface area contributed by atoms with E-state index in [9.17, 15) is 0 Å². The van der Waals surface area contributed by atoms with Crippen molar-refractivity contribution < 1.29 is 4.74 Å². The molecule has 0 saturated heterocycles. The minimum atomic E-state index is 0.123. The quantitative estimate of drug-likeness (QED) is 0.836. The summed E-state index contributed by atoms with van der Waals surface area (Å²) in [6.45, 7) is 7.67. The highest BCUT2D eigenvalue weighted by atomic mass is 35.5. The number of hydrogen-bond donors (Lipinski definition) is 1. The predicted molar refractivity (Wildman–Crippen MR) is 83.2 cm³/mol. The van der Waals surface area contributed by atoms with Crippen LogP contribution in [-0.2, 0) is 11.2 Å². The standard InChI is InChI=1S/C15H25ClN2O/c1-11(2)19-8-7-18(4)15-6-5-14(16)10-13(15)9-12(3)17/h5-6,10-12H,7-9,17H2,1-4H3. The molecule has 1 atom stereocenters. The van der Waals surface area contributed by atoms with E-state index >= 15 is 0 Å². The summed E-state index contributed by atoms with van der Waals surface area (Å²) < 4.78 is 5.59. The van der Waals surface area contributed by atoms with Gasteiger partial charge in [-0.15, -0.1) is 0 Å². The molecular weight excluding hydrogens is 260 g/mol. The first kappa shape index (κ1) is 16.3. The third-order valence-electron chi connectivity index (χ3n) is 2.87. The number of hydrogen-bond acceptors (Lipinski definition) is 3. The van der Waals surface area contributed by atoms with Gasteiger partial charge in [0.1, 0.15) is 0 Å². The van der Waals surface area contributed by atoms with Crippen molar-refractivity contribution in [3.05, 3.63) is 28.8 Å². The Balaban J connectivity index is 2.74. The molecule has 2 N–H and O–H groups in total. The molecule has 0 saturated carbocycles. The van der Waals surface area contributed by atoms with Crippen molar-refractivity contribution in [3.8, 4) is 0 Å². The van der Waals surface area contributed by atoms with Crippen molar-refractivity contribution in [1.82, 2.24) is 0 Å². The summed E-state index contributed by atoms with van der Waals surface area (Å²) in [5.74, 6) is 0. The lowest BCUT2D eigenvalue weighted by molar-refractivity contribution is 0.0846. The Morgan fingerprint density at radius 2 is 2.00 bits per heavy atom. The van der Waals surface area contributed by atoms with E-state index in [0.29, 0.717) is 6.61 Å². The normalized spacial score (nSPS) is 12.8. The van der Waals surface area contributed by atoms with Crippen molar-refractivity contribution >= 4 is 17.3 Å². The lowest BCUT2D eigenvalue weighted by Gasteiger charge is -2.24. The highest BCUT2D eigenvalue weighted by molar-refractivity contribution is 6.30. The Bertz CT molecular complexity index is 394. The summed E-state index contributed by atoms with van der Waals surface area (Å²) in [6, 6.07) is 6.09. The maximum absolute atomic E-state index is 6.07. The highest BCUT2D eigenvalue weighted by Crippen LogP contribution is 2.24. The van der Waals surface area contributed by atoms with E-state index in [-0.39, 0.29) is 12.1 Å². The highest BCUT2D eigenvalue weighted by Gasteiger charge is 2.10. The van der Waals surface area contributed by atoms with Crippen LogP contribution in [0.3, 0.4) is 0 Å². The average molecular weight is 285 g/mol. The number of nitrogens with two attached hydrogens (primary N) is 1. The van der Waals surface area contributed by atoms with Gasteiger partial charge in [0.15, 0.2) is 0 Å². The van der Waals surface area contributed by atoms with Gasteiger partial charge in [-0.1, -0.05) is 11.6 Å². The van der Waals surface area contributed by atoms with E-state index in [1.165, 1.54) is 11.3 Å². The van der Waals surface area contributed by atoms with Gasteiger partial charge in [0, 0.05) is 30.3 Å². The fourth-order valence-corrected chi connectivity index (χ4v) is 2.18. The average Bonchev–Trinajstić information content (AvgIpc) is 2.27. The Morgan fingerprint density at radius 1 is 1.32 bits per heavy atom.